The molecule has 4 aliphatic rings. The quantitative estimate of drug-likeness (QED) is 0.127. The highest BCUT2D eigenvalue weighted by Crippen LogP contribution is 2.42. The lowest BCUT2D eigenvalue weighted by atomic mass is 9.80. The summed E-state index contributed by atoms with van der Waals surface area (Å²) in [5.74, 6) is -1.70. The highest BCUT2D eigenvalue weighted by molar-refractivity contribution is 7.86. The molecule has 10 rings (SSSR count). The second-order valence-corrected chi connectivity index (χ2v) is 26.9. The van der Waals surface area contributed by atoms with Gasteiger partial charge >= 0.3 is 0 Å². The van der Waals surface area contributed by atoms with Crippen LogP contribution in [0, 0.1) is 11.8 Å². The summed E-state index contributed by atoms with van der Waals surface area (Å²) >= 11 is 0. The molecule has 0 aromatic heterocycles. The average Bonchev–Trinajstić information content (AvgIpc) is 3.35. The van der Waals surface area contributed by atoms with Gasteiger partial charge in [0.2, 0.25) is 0 Å². The van der Waals surface area contributed by atoms with Crippen LogP contribution in [0.1, 0.15) is 137 Å². The third-order valence-corrected chi connectivity index (χ3v) is 18.0. The zero-order valence-electron chi connectivity index (χ0n) is 43.6. The summed E-state index contributed by atoms with van der Waals surface area (Å²) in [6, 6.07) is 42.0. The van der Waals surface area contributed by atoms with Crippen molar-refractivity contribution >= 4 is 53.2 Å². The molecule has 0 amide bonds. The minimum absolute atomic E-state index is 0.0195. The monoisotopic (exact) mass is 984 g/mol. The molecule has 0 saturated heterocycles. The maximum atomic E-state index is 14.8. The standard InChI is InChI=1S/C66H64O4S2/c1-63(2,3)45-21-13-39(14-22-45)49-27-25-47(65(7,8)9)37-51(49)43-19-31-59-55(35-43)61(67)53-33-41(17-29-57(53)71(59)69)42-18-30-58-54(34-42)62(68)56-36-44(20-32-60(56)72(58)70)52-38-48(66(10,11)12)26-28-50(52)40-15-23-46(24-16-40)64(4,5)6/h13-38,53,56H,1-12H3/q-2. The van der Waals surface area contributed by atoms with Crippen molar-refractivity contribution in [3.63, 3.8) is 0 Å². The summed E-state index contributed by atoms with van der Waals surface area (Å²) in [5.41, 5.74) is 15.2. The summed E-state index contributed by atoms with van der Waals surface area (Å²) < 4.78 is 28.8. The molecule has 2 aliphatic heterocycles. The summed E-state index contributed by atoms with van der Waals surface area (Å²) in [7, 11) is -3.13. The van der Waals surface area contributed by atoms with E-state index in [1.165, 1.54) is 22.3 Å². The molecule has 2 unspecified atom stereocenters. The first kappa shape index (κ1) is 49.2. The van der Waals surface area contributed by atoms with Gasteiger partial charge in [0.15, 0.2) is 11.6 Å². The van der Waals surface area contributed by atoms with E-state index in [0.717, 1.165) is 55.7 Å². The molecular weight excluding hydrogens is 921 g/mol. The van der Waals surface area contributed by atoms with Crippen LogP contribution in [0.15, 0.2) is 168 Å². The molecule has 0 fully saturated rings. The molecule has 2 heterocycles. The fraction of sp³-hybridized carbons (Fsp3) is 0.273. The highest BCUT2D eigenvalue weighted by atomic mass is 32.2. The maximum absolute atomic E-state index is 14.8. The molecule has 0 bridgehead atoms. The van der Waals surface area contributed by atoms with E-state index >= 15 is 0 Å². The van der Waals surface area contributed by atoms with Crippen molar-refractivity contribution in [1.29, 1.82) is 0 Å². The van der Waals surface area contributed by atoms with Crippen molar-refractivity contribution in [3.05, 3.63) is 202 Å². The Labute approximate surface area is 430 Å². The lowest BCUT2D eigenvalue weighted by Gasteiger charge is -2.33. The lowest BCUT2D eigenvalue weighted by molar-refractivity contribution is 0.0961. The number of benzene rings is 6. The van der Waals surface area contributed by atoms with Crippen molar-refractivity contribution in [3.8, 4) is 33.4 Å². The van der Waals surface area contributed by atoms with Crippen molar-refractivity contribution in [2.75, 3.05) is 0 Å². The molecule has 2 atom stereocenters. The van der Waals surface area contributed by atoms with E-state index < -0.39 is 32.6 Å². The fourth-order valence-electron chi connectivity index (χ4n) is 10.3. The SMILES string of the molecule is CC(C)(C)c1ccc(-c2ccc(C(C)(C)C)cc2C2=CC3C(=O)c4cc(C5=CC6C(=O)c7cc(-c8cc(C(C)(C)C)ccc8-c8ccc(C(C)(C)C)cc8)ccc7[S-](=O)=C6C=C5)ccc4[S-](=O)=C3C=C2)cc1. The van der Waals surface area contributed by atoms with Gasteiger partial charge in [-0.15, -0.1) is 19.5 Å². The van der Waals surface area contributed by atoms with E-state index in [1.54, 1.807) is 6.07 Å². The van der Waals surface area contributed by atoms with Crippen molar-refractivity contribution in [1.82, 2.24) is 0 Å². The van der Waals surface area contributed by atoms with Crippen molar-refractivity contribution in [2.45, 2.75) is 115 Å². The smallest absolute Gasteiger partial charge is 0.170 e. The van der Waals surface area contributed by atoms with Gasteiger partial charge in [-0.3, -0.25) is 9.59 Å². The second kappa shape index (κ2) is 17.7. The number of Topliss-reactive ketones (excluding diaryl/α,β-unsaturated/α-hetero) is 2. The van der Waals surface area contributed by atoms with Crippen LogP contribution >= 0.6 is 0 Å². The molecule has 0 saturated carbocycles. The van der Waals surface area contributed by atoms with Gasteiger partial charge in [-0.05, 0) is 112 Å². The summed E-state index contributed by atoms with van der Waals surface area (Å²) in [4.78, 5) is 31.7. The van der Waals surface area contributed by atoms with Gasteiger partial charge < -0.3 is 8.42 Å². The van der Waals surface area contributed by atoms with Gasteiger partial charge in [0.1, 0.15) is 0 Å². The van der Waals surface area contributed by atoms with Crippen LogP contribution in [0.5, 0.6) is 0 Å². The Hall–Kier alpha value is -6.34. The van der Waals surface area contributed by atoms with E-state index in [1.807, 2.05) is 66.8 Å². The molecule has 72 heavy (non-hydrogen) atoms. The second-order valence-electron chi connectivity index (χ2n) is 24.0. The van der Waals surface area contributed by atoms with E-state index in [-0.39, 0.29) is 33.2 Å². The summed E-state index contributed by atoms with van der Waals surface area (Å²) in [6.07, 6.45) is 11.5. The Kier molecular flexibility index (Phi) is 12.1. The number of carbonyl (C=O) groups excluding carboxylic acids is 2. The fourth-order valence-corrected chi connectivity index (χ4v) is 13.1. The largest absolute Gasteiger partial charge is 0.457 e. The first-order valence-corrected chi connectivity index (χ1v) is 27.4. The number of carbonyl (C=O) groups is 2. The molecule has 6 heteroatoms. The molecule has 0 spiro atoms. The number of ketones is 2. The first-order chi connectivity index (χ1) is 33.9. The van der Waals surface area contributed by atoms with E-state index in [9.17, 15) is 18.0 Å². The molecule has 6 aromatic carbocycles. The maximum Gasteiger partial charge on any atom is 0.170 e. The van der Waals surface area contributed by atoms with Crippen LogP contribution < -0.4 is 0 Å². The Bertz CT molecular complexity index is 3600. The lowest BCUT2D eigenvalue weighted by Crippen LogP contribution is -2.30. The molecule has 4 nitrogen and oxygen atoms in total. The highest BCUT2D eigenvalue weighted by Gasteiger charge is 2.31. The van der Waals surface area contributed by atoms with Crippen LogP contribution in [0.2, 0.25) is 0 Å². The minimum Gasteiger partial charge on any atom is -0.457 e. The molecule has 0 radical (unpaired) electrons. The van der Waals surface area contributed by atoms with E-state index in [4.69, 9.17) is 0 Å². The third kappa shape index (κ3) is 8.89. The van der Waals surface area contributed by atoms with Crippen LogP contribution in [-0.2, 0) is 50.9 Å². The van der Waals surface area contributed by atoms with E-state index in [0.29, 0.717) is 30.6 Å². The van der Waals surface area contributed by atoms with Crippen molar-refractivity contribution in [2.24, 2.45) is 11.8 Å². The Morgan fingerprint density at radius 3 is 1.15 bits per heavy atom. The first-order valence-electron chi connectivity index (χ1n) is 25.1. The number of hydrogen-bond acceptors (Lipinski definition) is 6. The number of hydrogen-bond donors (Lipinski definition) is 0. The molecule has 0 N–H and O–H groups in total. The predicted octanol–water partition coefficient (Wildman–Crippen LogP) is 15.8. The van der Waals surface area contributed by atoms with Crippen LogP contribution in [-0.4, -0.2) is 21.3 Å². The normalized spacial score (nSPS) is 18.3. The van der Waals surface area contributed by atoms with Gasteiger partial charge in [-0.2, -0.15) is 0 Å². The van der Waals surface area contributed by atoms with E-state index in [2.05, 4.69) is 168 Å². The Morgan fingerprint density at radius 1 is 0.333 bits per heavy atom. The molecule has 2 aliphatic carbocycles. The summed E-state index contributed by atoms with van der Waals surface area (Å²) in [6.45, 7) is 26.5. The van der Waals surface area contributed by atoms with Crippen LogP contribution in [0.3, 0.4) is 0 Å². The number of allylic oxidation sites excluding steroid dienone is 8. The molecular formula is C66H64O4S2-2. The predicted molar refractivity (Wildman–Crippen MR) is 303 cm³/mol. The Morgan fingerprint density at radius 2 is 0.694 bits per heavy atom. The van der Waals surface area contributed by atoms with Gasteiger partial charge in [0, 0.05) is 23.0 Å². The summed E-state index contributed by atoms with van der Waals surface area (Å²) in [5, 5.41) is 0. The zero-order chi connectivity index (χ0) is 51.4. The van der Waals surface area contributed by atoms with Gasteiger partial charge in [-0.1, -0.05) is 229 Å². The molecule has 366 valence electrons. The average molecular weight is 985 g/mol. The minimum atomic E-state index is -1.57. The van der Waals surface area contributed by atoms with Gasteiger partial charge in [0.25, 0.3) is 0 Å². The third-order valence-electron chi connectivity index (χ3n) is 14.9. The molecule has 6 aromatic rings. The number of rotatable bonds is 5. The topological polar surface area (TPSA) is 68.3 Å². The van der Waals surface area contributed by atoms with Crippen LogP contribution in [0.25, 0.3) is 44.5 Å². The van der Waals surface area contributed by atoms with Crippen molar-refractivity contribution < 1.29 is 18.0 Å². The number of fused-ring (bicyclic) bond motifs is 4. The Balaban J connectivity index is 0.990. The van der Waals surface area contributed by atoms with Gasteiger partial charge in [-0.25, -0.2) is 20.8 Å². The van der Waals surface area contributed by atoms with Crippen LogP contribution in [0.4, 0.5) is 0 Å². The van der Waals surface area contributed by atoms with Gasteiger partial charge in [0.05, 0.1) is 0 Å². The zero-order valence-corrected chi connectivity index (χ0v) is 45.2.